The minimum Gasteiger partial charge on any atom is -0.497 e. The summed E-state index contributed by atoms with van der Waals surface area (Å²) in [5, 5.41) is 4.12. The second kappa shape index (κ2) is 9.31. The lowest BCUT2D eigenvalue weighted by Crippen LogP contribution is -2.45. The SMILES string of the molecule is CCOc1ccc(Cl)cc1C(c1ccc(OC)cc1OC)N1CCNCC1. The van der Waals surface area contributed by atoms with E-state index in [0.29, 0.717) is 11.6 Å². The van der Waals surface area contributed by atoms with Crippen LogP contribution in [0.15, 0.2) is 36.4 Å². The Bertz CT molecular complexity index is 763. The number of hydrogen-bond acceptors (Lipinski definition) is 5. The standard InChI is InChI=1S/C21H27ClN2O3/c1-4-27-19-8-5-15(22)13-18(19)21(24-11-9-23-10-12-24)17-7-6-16(25-2)14-20(17)26-3/h5-8,13-14,21,23H,4,9-12H2,1-3H3. The van der Waals surface area contributed by atoms with Crippen molar-refractivity contribution in [1.29, 1.82) is 0 Å². The molecule has 0 saturated carbocycles. The monoisotopic (exact) mass is 390 g/mol. The molecule has 1 atom stereocenters. The van der Waals surface area contributed by atoms with Gasteiger partial charge in [-0.1, -0.05) is 11.6 Å². The molecule has 1 saturated heterocycles. The van der Waals surface area contributed by atoms with Crippen LogP contribution in [0.2, 0.25) is 5.02 Å². The van der Waals surface area contributed by atoms with Crippen molar-refractivity contribution < 1.29 is 14.2 Å². The van der Waals surface area contributed by atoms with Crippen molar-refractivity contribution in [2.24, 2.45) is 0 Å². The second-order valence-electron chi connectivity index (χ2n) is 6.41. The van der Waals surface area contributed by atoms with Gasteiger partial charge in [0.15, 0.2) is 0 Å². The van der Waals surface area contributed by atoms with Gasteiger partial charge in [-0.25, -0.2) is 0 Å². The maximum atomic E-state index is 6.37. The van der Waals surface area contributed by atoms with Crippen LogP contribution in [0.4, 0.5) is 0 Å². The number of halogens is 1. The Hall–Kier alpha value is -1.95. The summed E-state index contributed by atoms with van der Waals surface area (Å²) >= 11 is 6.37. The molecule has 3 rings (SSSR count). The van der Waals surface area contributed by atoms with Crippen LogP contribution >= 0.6 is 11.6 Å². The lowest BCUT2D eigenvalue weighted by atomic mass is 9.94. The smallest absolute Gasteiger partial charge is 0.127 e. The van der Waals surface area contributed by atoms with Gasteiger partial charge in [0.2, 0.25) is 0 Å². The molecule has 1 N–H and O–H groups in total. The van der Waals surface area contributed by atoms with Crippen molar-refractivity contribution in [2.45, 2.75) is 13.0 Å². The van der Waals surface area contributed by atoms with Crippen LogP contribution in [0.25, 0.3) is 0 Å². The molecule has 0 amide bonds. The first-order valence-corrected chi connectivity index (χ1v) is 9.64. The van der Waals surface area contributed by atoms with E-state index in [-0.39, 0.29) is 6.04 Å². The fourth-order valence-corrected chi connectivity index (χ4v) is 3.75. The number of nitrogens with zero attached hydrogens (tertiary/aromatic N) is 1. The van der Waals surface area contributed by atoms with Gasteiger partial charge in [0.25, 0.3) is 0 Å². The highest BCUT2D eigenvalue weighted by Gasteiger charge is 2.29. The molecule has 1 unspecified atom stereocenters. The van der Waals surface area contributed by atoms with Crippen molar-refractivity contribution in [2.75, 3.05) is 47.0 Å². The summed E-state index contributed by atoms with van der Waals surface area (Å²) < 4.78 is 17.0. The van der Waals surface area contributed by atoms with E-state index in [4.69, 9.17) is 25.8 Å². The minimum atomic E-state index is -0.0202. The van der Waals surface area contributed by atoms with Crippen LogP contribution in [0.1, 0.15) is 24.1 Å². The van der Waals surface area contributed by atoms with E-state index in [9.17, 15) is 0 Å². The van der Waals surface area contributed by atoms with Crippen LogP contribution < -0.4 is 19.5 Å². The summed E-state index contributed by atoms with van der Waals surface area (Å²) in [4.78, 5) is 2.44. The highest BCUT2D eigenvalue weighted by atomic mass is 35.5. The zero-order valence-corrected chi connectivity index (χ0v) is 16.9. The molecular weight excluding hydrogens is 364 g/mol. The molecule has 2 aromatic carbocycles. The largest absolute Gasteiger partial charge is 0.497 e. The van der Waals surface area contributed by atoms with Crippen molar-refractivity contribution in [3.63, 3.8) is 0 Å². The molecule has 27 heavy (non-hydrogen) atoms. The van der Waals surface area contributed by atoms with E-state index in [0.717, 1.165) is 54.6 Å². The lowest BCUT2D eigenvalue weighted by molar-refractivity contribution is 0.191. The van der Waals surface area contributed by atoms with Crippen molar-refractivity contribution in [3.8, 4) is 17.2 Å². The van der Waals surface area contributed by atoms with E-state index in [1.165, 1.54) is 0 Å². The third kappa shape index (κ3) is 4.49. The first-order valence-electron chi connectivity index (χ1n) is 9.26. The van der Waals surface area contributed by atoms with Gasteiger partial charge in [-0.15, -0.1) is 0 Å². The second-order valence-corrected chi connectivity index (χ2v) is 6.85. The van der Waals surface area contributed by atoms with Crippen LogP contribution in [0.3, 0.4) is 0 Å². The van der Waals surface area contributed by atoms with Gasteiger partial charge in [0.1, 0.15) is 17.2 Å². The quantitative estimate of drug-likeness (QED) is 0.779. The summed E-state index contributed by atoms with van der Waals surface area (Å²) in [6.45, 7) is 6.34. The van der Waals surface area contributed by atoms with E-state index < -0.39 is 0 Å². The molecule has 0 aromatic heterocycles. The minimum absolute atomic E-state index is 0.0202. The van der Waals surface area contributed by atoms with Crippen LogP contribution in [0.5, 0.6) is 17.2 Å². The maximum Gasteiger partial charge on any atom is 0.127 e. The summed E-state index contributed by atoms with van der Waals surface area (Å²) in [5.74, 6) is 2.41. The summed E-state index contributed by atoms with van der Waals surface area (Å²) in [6.07, 6.45) is 0. The molecule has 5 nitrogen and oxygen atoms in total. The van der Waals surface area contributed by atoms with Crippen LogP contribution in [-0.4, -0.2) is 51.9 Å². The van der Waals surface area contributed by atoms with Gasteiger partial charge in [-0.3, -0.25) is 4.90 Å². The molecule has 0 radical (unpaired) electrons. The van der Waals surface area contributed by atoms with Gasteiger partial charge in [-0.05, 0) is 37.3 Å². The van der Waals surface area contributed by atoms with Crippen molar-refractivity contribution >= 4 is 11.6 Å². The van der Waals surface area contributed by atoms with Gasteiger partial charge < -0.3 is 19.5 Å². The Morgan fingerprint density at radius 2 is 1.78 bits per heavy atom. The molecule has 0 bridgehead atoms. The Morgan fingerprint density at radius 3 is 2.44 bits per heavy atom. The third-order valence-electron chi connectivity index (χ3n) is 4.82. The normalized spacial score (nSPS) is 16.0. The van der Waals surface area contributed by atoms with Crippen molar-refractivity contribution in [3.05, 3.63) is 52.5 Å². The molecule has 1 aliphatic rings. The van der Waals surface area contributed by atoms with E-state index in [1.54, 1.807) is 14.2 Å². The molecule has 6 heteroatoms. The van der Waals surface area contributed by atoms with E-state index >= 15 is 0 Å². The molecule has 0 spiro atoms. The molecule has 1 heterocycles. The number of ether oxygens (including phenoxy) is 3. The highest BCUT2D eigenvalue weighted by molar-refractivity contribution is 6.30. The first kappa shape index (κ1) is 19.8. The van der Waals surface area contributed by atoms with Crippen molar-refractivity contribution in [1.82, 2.24) is 10.2 Å². The Kier molecular flexibility index (Phi) is 6.83. The highest BCUT2D eigenvalue weighted by Crippen LogP contribution is 2.41. The fourth-order valence-electron chi connectivity index (χ4n) is 3.57. The zero-order chi connectivity index (χ0) is 19.2. The van der Waals surface area contributed by atoms with Crippen LogP contribution in [-0.2, 0) is 0 Å². The Morgan fingerprint density at radius 1 is 1.00 bits per heavy atom. The summed E-state index contributed by atoms with van der Waals surface area (Å²) in [5.41, 5.74) is 2.12. The maximum absolute atomic E-state index is 6.37. The first-order chi connectivity index (χ1) is 13.2. The number of rotatable bonds is 7. The fraction of sp³-hybridized carbons (Fsp3) is 0.429. The average molecular weight is 391 g/mol. The van der Waals surface area contributed by atoms with Gasteiger partial charge in [0.05, 0.1) is 26.9 Å². The number of benzene rings is 2. The van der Waals surface area contributed by atoms with E-state index in [1.807, 2.05) is 37.3 Å². The number of hydrogen-bond donors (Lipinski definition) is 1. The van der Waals surface area contributed by atoms with Gasteiger partial charge >= 0.3 is 0 Å². The predicted molar refractivity (Wildman–Crippen MR) is 108 cm³/mol. The zero-order valence-electron chi connectivity index (χ0n) is 16.1. The van der Waals surface area contributed by atoms with Gasteiger partial charge in [-0.2, -0.15) is 0 Å². The molecular formula is C21H27ClN2O3. The average Bonchev–Trinajstić information content (AvgIpc) is 2.71. The summed E-state index contributed by atoms with van der Waals surface area (Å²) in [7, 11) is 3.35. The summed E-state index contributed by atoms with van der Waals surface area (Å²) in [6, 6.07) is 11.8. The molecule has 1 aliphatic heterocycles. The topological polar surface area (TPSA) is 43.0 Å². The number of piperazine rings is 1. The molecule has 1 fully saturated rings. The van der Waals surface area contributed by atoms with E-state index in [2.05, 4.69) is 16.3 Å². The Labute approximate surface area is 166 Å². The number of nitrogens with one attached hydrogen (secondary N) is 1. The number of methoxy groups -OCH3 is 2. The molecule has 2 aromatic rings. The predicted octanol–water partition coefficient (Wildman–Crippen LogP) is 3.75. The van der Waals surface area contributed by atoms with Gasteiger partial charge in [0, 0.05) is 48.4 Å². The Balaban J connectivity index is 2.14. The van der Waals surface area contributed by atoms with Crippen LogP contribution in [0, 0.1) is 0 Å². The third-order valence-corrected chi connectivity index (χ3v) is 5.05. The molecule has 0 aliphatic carbocycles. The molecule has 146 valence electrons. The lowest BCUT2D eigenvalue weighted by Gasteiger charge is -2.36.